The lowest BCUT2D eigenvalue weighted by molar-refractivity contribution is 1.09. The standard InChI is InChI=1S/C21H14N8/c1-4-14(12-3-2-8-22-9-12)18-16(5-1)26-21(27-18)20-19-17(28-29-20)7-6-15(25-19)13-10-23-24-11-13/h1-11H,(H,23,24)(H,26,27)(H,28,29). The normalized spacial score (nSPS) is 11.4. The first-order valence-corrected chi connectivity index (χ1v) is 9.10. The van der Waals surface area contributed by atoms with Gasteiger partial charge in [-0.1, -0.05) is 18.2 Å². The Labute approximate surface area is 164 Å². The molecule has 0 spiro atoms. The summed E-state index contributed by atoms with van der Waals surface area (Å²) in [6.45, 7) is 0. The molecule has 0 saturated carbocycles. The number of aromatic nitrogens is 8. The third-order valence-corrected chi connectivity index (χ3v) is 4.91. The molecule has 138 valence electrons. The second kappa shape index (κ2) is 6.10. The Kier molecular flexibility index (Phi) is 3.30. The van der Waals surface area contributed by atoms with E-state index < -0.39 is 0 Å². The van der Waals surface area contributed by atoms with E-state index in [-0.39, 0.29) is 0 Å². The van der Waals surface area contributed by atoms with Crippen LogP contribution in [0.1, 0.15) is 0 Å². The van der Waals surface area contributed by atoms with Gasteiger partial charge in [0.1, 0.15) is 5.52 Å². The number of aromatic amines is 3. The number of pyridine rings is 2. The molecule has 0 aliphatic rings. The Bertz CT molecular complexity index is 1440. The molecule has 8 nitrogen and oxygen atoms in total. The third-order valence-electron chi connectivity index (χ3n) is 4.91. The van der Waals surface area contributed by atoms with Crippen LogP contribution in [0.4, 0.5) is 0 Å². The van der Waals surface area contributed by atoms with Gasteiger partial charge < -0.3 is 4.98 Å². The fraction of sp³-hybridized carbons (Fsp3) is 0. The fourth-order valence-corrected chi connectivity index (χ4v) is 3.52. The van der Waals surface area contributed by atoms with Crippen molar-refractivity contribution in [1.82, 2.24) is 40.3 Å². The lowest BCUT2D eigenvalue weighted by Gasteiger charge is -2.00. The van der Waals surface area contributed by atoms with Gasteiger partial charge in [0.05, 0.1) is 28.4 Å². The van der Waals surface area contributed by atoms with Crippen LogP contribution < -0.4 is 0 Å². The largest absolute Gasteiger partial charge is 0.336 e. The van der Waals surface area contributed by atoms with Gasteiger partial charge in [-0.25, -0.2) is 9.97 Å². The minimum atomic E-state index is 0.666. The molecule has 1 aromatic carbocycles. The maximum atomic E-state index is 4.85. The second-order valence-electron chi connectivity index (χ2n) is 6.68. The van der Waals surface area contributed by atoms with Crippen LogP contribution in [-0.2, 0) is 0 Å². The molecule has 0 aliphatic heterocycles. The Balaban J connectivity index is 1.54. The van der Waals surface area contributed by atoms with E-state index in [4.69, 9.17) is 9.97 Å². The Hall–Kier alpha value is -4.33. The number of nitrogens with zero attached hydrogens (tertiary/aromatic N) is 5. The monoisotopic (exact) mass is 378 g/mol. The van der Waals surface area contributed by atoms with E-state index >= 15 is 0 Å². The first kappa shape index (κ1) is 15.7. The summed E-state index contributed by atoms with van der Waals surface area (Å²) in [7, 11) is 0. The van der Waals surface area contributed by atoms with Crippen molar-refractivity contribution in [3.05, 3.63) is 67.3 Å². The van der Waals surface area contributed by atoms with Crippen molar-refractivity contribution in [1.29, 1.82) is 0 Å². The average Bonchev–Trinajstić information content (AvgIpc) is 3.52. The molecular weight excluding hydrogens is 364 g/mol. The highest BCUT2D eigenvalue weighted by Gasteiger charge is 2.16. The van der Waals surface area contributed by atoms with E-state index in [1.807, 2.05) is 54.9 Å². The maximum Gasteiger partial charge on any atom is 0.161 e. The van der Waals surface area contributed by atoms with E-state index in [0.29, 0.717) is 11.5 Å². The summed E-state index contributed by atoms with van der Waals surface area (Å²) in [5.41, 5.74) is 7.86. The van der Waals surface area contributed by atoms with E-state index in [1.54, 1.807) is 12.4 Å². The van der Waals surface area contributed by atoms with Crippen LogP contribution in [0.3, 0.4) is 0 Å². The Morgan fingerprint density at radius 1 is 0.793 bits per heavy atom. The third kappa shape index (κ3) is 2.50. The van der Waals surface area contributed by atoms with Gasteiger partial charge in [-0.3, -0.25) is 15.2 Å². The molecule has 0 bridgehead atoms. The molecule has 0 saturated heterocycles. The lowest BCUT2D eigenvalue weighted by Crippen LogP contribution is -1.86. The number of H-pyrrole nitrogens is 3. The van der Waals surface area contributed by atoms with Crippen LogP contribution in [0.2, 0.25) is 0 Å². The van der Waals surface area contributed by atoms with Crippen molar-refractivity contribution < 1.29 is 0 Å². The summed E-state index contributed by atoms with van der Waals surface area (Å²) < 4.78 is 0. The number of para-hydroxylation sites is 1. The predicted molar refractivity (Wildman–Crippen MR) is 110 cm³/mol. The van der Waals surface area contributed by atoms with Crippen LogP contribution in [0.25, 0.3) is 56.0 Å². The number of fused-ring (bicyclic) bond motifs is 2. The number of benzene rings is 1. The molecule has 0 atom stereocenters. The van der Waals surface area contributed by atoms with E-state index in [1.165, 1.54) is 0 Å². The molecule has 0 fully saturated rings. The first-order chi connectivity index (χ1) is 14.4. The zero-order valence-corrected chi connectivity index (χ0v) is 15.1. The smallest absolute Gasteiger partial charge is 0.161 e. The topological polar surface area (TPSA) is 112 Å². The second-order valence-corrected chi connectivity index (χ2v) is 6.68. The van der Waals surface area contributed by atoms with Gasteiger partial charge in [0, 0.05) is 35.3 Å². The van der Waals surface area contributed by atoms with Crippen molar-refractivity contribution >= 4 is 22.1 Å². The Morgan fingerprint density at radius 2 is 1.79 bits per heavy atom. The number of hydrogen-bond acceptors (Lipinski definition) is 5. The number of rotatable bonds is 3. The van der Waals surface area contributed by atoms with Crippen molar-refractivity contribution in [3.63, 3.8) is 0 Å². The minimum Gasteiger partial charge on any atom is -0.336 e. The summed E-state index contributed by atoms with van der Waals surface area (Å²) in [6, 6.07) is 13.9. The van der Waals surface area contributed by atoms with E-state index in [9.17, 15) is 0 Å². The number of nitrogens with one attached hydrogen (secondary N) is 3. The maximum absolute atomic E-state index is 4.85. The first-order valence-electron chi connectivity index (χ1n) is 9.10. The van der Waals surface area contributed by atoms with Crippen molar-refractivity contribution in [2.24, 2.45) is 0 Å². The van der Waals surface area contributed by atoms with Crippen LogP contribution in [0.5, 0.6) is 0 Å². The summed E-state index contributed by atoms with van der Waals surface area (Å²) in [5.74, 6) is 0.666. The molecule has 5 aromatic heterocycles. The highest BCUT2D eigenvalue weighted by molar-refractivity contribution is 5.96. The van der Waals surface area contributed by atoms with Gasteiger partial charge in [0.2, 0.25) is 0 Å². The molecule has 0 radical (unpaired) electrons. The molecule has 6 aromatic rings. The van der Waals surface area contributed by atoms with Crippen molar-refractivity contribution in [2.75, 3.05) is 0 Å². The van der Waals surface area contributed by atoms with Gasteiger partial charge in [-0.2, -0.15) is 10.2 Å². The Morgan fingerprint density at radius 3 is 2.66 bits per heavy atom. The van der Waals surface area contributed by atoms with Crippen LogP contribution in [-0.4, -0.2) is 40.3 Å². The molecule has 0 aliphatic carbocycles. The minimum absolute atomic E-state index is 0.666. The molecule has 3 N–H and O–H groups in total. The zero-order chi connectivity index (χ0) is 19.2. The summed E-state index contributed by atoms with van der Waals surface area (Å²) in [6.07, 6.45) is 7.16. The SMILES string of the molecule is c1cncc(-c2cccc3[nH]c(-c4n[nH]c5ccc(-c6cn[nH]c6)nc45)nc23)c1. The van der Waals surface area contributed by atoms with Gasteiger partial charge in [0.25, 0.3) is 0 Å². The summed E-state index contributed by atoms with van der Waals surface area (Å²) >= 11 is 0. The van der Waals surface area contributed by atoms with Crippen molar-refractivity contribution in [3.8, 4) is 33.9 Å². The zero-order valence-electron chi connectivity index (χ0n) is 15.1. The highest BCUT2D eigenvalue weighted by Crippen LogP contribution is 2.31. The highest BCUT2D eigenvalue weighted by atomic mass is 15.2. The van der Waals surface area contributed by atoms with Crippen LogP contribution >= 0.6 is 0 Å². The average molecular weight is 378 g/mol. The molecule has 0 unspecified atom stereocenters. The van der Waals surface area contributed by atoms with E-state index in [2.05, 4.69) is 30.4 Å². The lowest BCUT2D eigenvalue weighted by atomic mass is 10.1. The van der Waals surface area contributed by atoms with Crippen LogP contribution in [0, 0.1) is 0 Å². The number of imidazole rings is 1. The molecule has 29 heavy (non-hydrogen) atoms. The summed E-state index contributed by atoms with van der Waals surface area (Å²) in [4.78, 5) is 17.2. The van der Waals surface area contributed by atoms with Crippen molar-refractivity contribution in [2.45, 2.75) is 0 Å². The predicted octanol–water partition coefficient (Wildman–Crippen LogP) is 3.95. The molecule has 6 rings (SSSR count). The quantitative estimate of drug-likeness (QED) is 0.432. The molecule has 5 heterocycles. The molecule has 0 amide bonds. The number of hydrogen-bond donors (Lipinski definition) is 3. The summed E-state index contributed by atoms with van der Waals surface area (Å²) in [5, 5.41) is 14.3. The van der Waals surface area contributed by atoms with Gasteiger partial charge in [-0.05, 0) is 24.3 Å². The molecular formula is C21H14N8. The van der Waals surface area contributed by atoms with E-state index in [0.717, 1.165) is 44.5 Å². The van der Waals surface area contributed by atoms with Gasteiger partial charge in [0.15, 0.2) is 11.5 Å². The van der Waals surface area contributed by atoms with Gasteiger partial charge in [-0.15, -0.1) is 0 Å². The molecule has 8 heteroatoms. The van der Waals surface area contributed by atoms with Crippen LogP contribution in [0.15, 0.2) is 67.3 Å². The fourth-order valence-electron chi connectivity index (χ4n) is 3.52. The van der Waals surface area contributed by atoms with Gasteiger partial charge >= 0.3 is 0 Å².